The Labute approximate surface area is 197 Å². The minimum absolute atomic E-state index is 0.0230. The molecule has 1 fully saturated rings. The normalized spacial score (nSPS) is 13.8. The molecule has 1 aliphatic heterocycles. The molecule has 11 heteroatoms. The zero-order valence-electron chi connectivity index (χ0n) is 18.8. The predicted molar refractivity (Wildman–Crippen MR) is 124 cm³/mol. The first-order valence-electron chi connectivity index (χ1n) is 10.6. The molecule has 2 aromatic rings. The van der Waals surface area contributed by atoms with Crippen LogP contribution in [-0.2, 0) is 24.3 Å². The van der Waals surface area contributed by atoms with Gasteiger partial charge in [0.15, 0.2) is 12.4 Å². The standard InChI is InChI=1S/C23H25N3O7S/c1-15(27)24-19-11-18(12-20(13-19)25-16(2)28)23(30)33-14-22(29)17-5-7-21(8-6-17)34(31,32)26-9-3-4-10-26/h5-8,11-13H,3-4,9-10,14H2,1-2H3,(H,24,27)(H,25,28). The van der Waals surface area contributed by atoms with Crippen molar-refractivity contribution in [2.24, 2.45) is 0 Å². The highest BCUT2D eigenvalue weighted by molar-refractivity contribution is 7.89. The number of carbonyl (C=O) groups excluding carboxylic acids is 4. The van der Waals surface area contributed by atoms with Crippen molar-refractivity contribution in [3.05, 3.63) is 53.6 Å². The Morgan fingerprint density at radius 3 is 1.88 bits per heavy atom. The summed E-state index contributed by atoms with van der Waals surface area (Å²) in [6.45, 7) is 2.97. The summed E-state index contributed by atoms with van der Waals surface area (Å²) in [5, 5.41) is 5.05. The van der Waals surface area contributed by atoms with Gasteiger partial charge in [-0.25, -0.2) is 13.2 Å². The van der Waals surface area contributed by atoms with Crippen molar-refractivity contribution in [1.82, 2.24) is 4.31 Å². The fourth-order valence-electron chi connectivity index (χ4n) is 3.48. The summed E-state index contributed by atoms with van der Waals surface area (Å²) < 4.78 is 31.7. The second kappa shape index (κ2) is 10.6. The largest absolute Gasteiger partial charge is 0.454 e. The van der Waals surface area contributed by atoms with Crippen molar-refractivity contribution < 1.29 is 32.3 Å². The lowest BCUT2D eigenvalue weighted by Gasteiger charge is -2.15. The van der Waals surface area contributed by atoms with Crippen LogP contribution in [0.2, 0.25) is 0 Å². The third-order valence-corrected chi connectivity index (χ3v) is 6.94. The number of ketones is 1. The van der Waals surface area contributed by atoms with E-state index >= 15 is 0 Å². The van der Waals surface area contributed by atoms with Crippen LogP contribution < -0.4 is 10.6 Å². The van der Waals surface area contributed by atoms with Crippen molar-refractivity contribution in [2.45, 2.75) is 31.6 Å². The second-order valence-corrected chi connectivity index (χ2v) is 9.73. The molecular formula is C23H25N3O7S. The number of Topliss-reactive ketones (excluding diaryl/α,β-unsaturated/α-hetero) is 1. The average Bonchev–Trinajstić information content (AvgIpc) is 3.32. The Bertz CT molecular complexity index is 1180. The number of ether oxygens (including phenoxy) is 1. The van der Waals surface area contributed by atoms with E-state index in [1.165, 1.54) is 60.6 Å². The first kappa shape index (κ1) is 25.1. The van der Waals surface area contributed by atoms with Gasteiger partial charge in [-0.1, -0.05) is 0 Å². The molecule has 3 rings (SSSR count). The quantitative estimate of drug-likeness (QED) is 0.431. The maximum Gasteiger partial charge on any atom is 0.338 e. The zero-order valence-corrected chi connectivity index (χ0v) is 19.6. The molecular weight excluding hydrogens is 462 g/mol. The van der Waals surface area contributed by atoms with Gasteiger partial charge in [0, 0.05) is 43.9 Å². The topological polar surface area (TPSA) is 139 Å². The number of benzene rings is 2. The number of nitrogens with zero attached hydrogens (tertiary/aromatic N) is 1. The third-order valence-electron chi connectivity index (χ3n) is 5.02. The lowest BCUT2D eigenvalue weighted by atomic mass is 10.1. The number of sulfonamides is 1. The third kappa shape index (κ3) is 6.27. The van der Waals surface area contributed by atoms with Crippen LogP contribution >= 0.6 is 0 Å². The molecule has 0 unspecified atom stereocenters. The molecule has 0 radical (unpaired) electrons. The molecule has 10 nitrogen and oxygen atoms in total. The molecule has 0 aliphatic carbocycles. The van der Waals surface area contributed by atoms with Crippen molar-refractivity contribution in [1.29, 1.82) is 0 Å². The number of rotatable bonds is 8. The van der Waals surface area contributed by atoms with E-state index in [1.807, 2.05) is 0 Å². The molecule has 2 aromatic carbocycles. The Morgan fingerprint density at radius 2 is 1.38 bits per heavy atom. The molecule has 34 heavy (non-hydrogen) atoms. The summed E-state index contributed by atoms with van der Waals surface area (Å²) in [4.78, 5) is 47.8. The van der Waals surface area contributed by atoms with Crippen molar-refractivity contribution in [3.8, 4) is 0 Å². The highest BCUT2D eigenvalue weighted by atomic mass is 32.2. The van der Waals surface area contributed by atoms with Crippen LogP contribution in [0.5, 0.6) is 0 Å². The molecule has 0 aromatic heterocycles. The first-order valence-corrected chi connectivity index (χ1v) is 12.0. The van der Waals surface area contributed by atoms with E-state index in [2.05, 4.69) is 10.6 Å². The lowest BCUT2D eigenvalue weighted by Crippen LogP contribution is -2.27. The number of nitrogens with one attached hydrogen (secondary N) is 2. The highest BCUT2D eigenvalue weighted by Crippen LogP contribution is 2.22. The smallest absolute Gasteiger partial charge is 0.338 e. The van der Waals surface area contributed by atoms with Crippen molar-refractivity contribution in [3.63, 3.8) is 0 Å². The number of esters is 1. The molecule has 0 saturated carbocycles. The van der Waals surface area contributed by atoms with Gasteiger partial charge in [-0.15, -0.1) is 0 Å². The minimum Gasteiger partial charge on any atom is -0.454 e. The molecule has 2 N–H and O–H groups in total. The number of anilines is 2. The number of amides is 2. The number of carbonyl (C=O) groups is 4. The minimum atomic E-state index is -3.59. The molecule has 2 amide bonds. The lowest BCUT2D eigenvalue weighted by molar-refractivity contribution is -0.115. The van der Waals surface area contributed by atoms with Gasteiger partial charge in [0.25, 0.3) is 0 Å². The summed E-state index contributed by atoms with van der Waals surface area (Å²) in [6.07, 6.45) is 1.64. The molecule has 1 heterocycles. The number of hydrogen-bond donors (Lipinski definition) is 2. The zero-order chi connectivity index (χ0) is 24.9. The van der Waals surface area contributed by atoms with Gasteiger partial charge in [-0.2, -0.15) is 4.31 Å². The second-order valence-electron chi connectivity index (χ2n) is 7.80. The summed E-state index contributed by atoms with van der Waals surface area (Å²) in [5.74, 6) is -2.09. The average molecular weight is 488 g/mol. The van der Waals surface area contributed by atoms with Crippen molar-refractivity contribution in [2.75, 3.05) is 30.3 Å². The van der Waals surface area contributed by atoms with Crippen molar-refractivity contribution >= 4 is 45.0 Å². The maximum absolute atomic E-state index is 12.6. The van der Waals surface area contributed by atoms with E-state index in [4.69, 9.17) is 4.74 Å². The van der Waals surface area contributed by atoms with Crippen LogP contribution in [-0.4, -0.2) is 56.0 Å². The monoisotopic (exact) mass is 487 g/mol. The predicted octanol–water partition coefficient (Wildman–Crippen LogP) is 2.43. The van der Waals surface area contributed by atoms with Crippen LogP contribution in [0.1, 0.15) is 47.4 Å². The number of hydrogen-bond acceptors (Lipinski definition) is 7. The van der Waals surface area contributed by atoms with E-state index in [0.717, 1.165) is 12.8 Å². The molecule has 1 aliphatic rings. The van der Waals surface area contributed by atoms with Crippen LogP contribution in [0.25, 0.3) is 0 Å². The molecule has 1 saturated heterocycles. The van der Waals surface area contributed by atoms with Gasteiger partial charge in [0.1, 0.15) is 0 Å². The molecule has 0 spiro atoms. The molecule has 0 atom stereocenters. The van der Waals surface area contributed by atoms with E-state index < -0.39 is 28.4 Å². The van der Waals surface area contributed by atoms with Gasteiger partial charge in [0.2, 0.25) is 21.8 Å². The Kier molecular flexibility index (Phi) is 7.79. The Morgan fingerprint density at radius 1 is 0.853 bits per heavy atom. The van der Waals surface area contributed by atoms with Gasteiger partial charge in [-0.3, -0.25) is 14.4 Å². The van der Waals surface area contributed by atoms with E-state index in [0.29, 0.717) is 13.1 Å². The van der Waals surface area contributed by atoms with Crippen LogP contribution in [0.4, 0.5) is 11.4 Å². The van der Waals surface area contributed by atoms with Crippen LogP contribution in [0, 0.1) is 0 Å². The van der Waals surface area contributed by atoms with E-state index in [1.54, 1.807) is 0 Å². The fraction of sp³-hybridized carbons (Fsp3) is 0.304. The van der Waals surface area contributed by atoms with Gasteiger partial charge >= 0.3 is 5.97 Å². The van der Waals surface area contributed by atoms with E-state index in [9.17, 15) is 27.6 Å². The Hall–Kier alpha value is -3.57. The van der Waals surface area contributed by atoms with Gasteiger partial charge < -0.3 is 15.4 Å². The first-order chi connectivity index (χ1) is 16.1. The Balaban J connectivity index is 1.68. The van der Waals surface area contributed by atoms with Crippen LogP contribution in [0.15, 0.2) is 47.4 Å². The fourth-order valence-corrected chi connectivity index (χ4v) is 5.00. The highest BCUT2D eigenvalue weighted by Gasteiger charge is 2.27. The van der Waals surface area contributed by atoms with Gasteiger partial charge in [-0.05, 0) is 55.3 Å². The summed E-state index contributed by atoms with van der Waals surface area (Å²) in [5.41, 5.74) is 0.757. The maximum atomic E-state index is 12.6. The summed E-state index contributed by atoms with van der Waals surface area (Å²) >= 11 is 0. The summed E-state index contributed by atoms with van der Waals surface area (Å²) in [6, 6.07) is 9.67. The molecule has 180 valence electrons. The SMILES string of the molecule is CC(=O)Nc1cc(NC(C)=O)cc(C(=O)OCC(=O)c2ccc(S(=O)(=O)N3CCCC3)cc2)c1. The van der Waals surface area contributed by atoms with Gasteiger partial charge in [0.05, 0.1) is 10.5 Å². The van der Waals surface area contributed by atoms with Crippen LogP contribution in [0.3, 0.4) is 0 Å². The molecule has 0 bridgehead atoms. The van der Waals surface area contributed by atoms with E-state index in [-0.39, 0.29) is 39.2 Å². The summed E-state index contributed by atoms with van der Waals surface area (Å²) in [7, 11) is -3.59.